The third kappa shape index (κ3) is 3.85. The fourth-order valence-corrected chi connectivity index (χ4v) is 2.48. The van der Waals surface area contributed by atoms with Crippen LogP contribution in [-0.4, -0.2) is 6.54 Å². The van der Waals surface area contributed by atoms with Crippen LogP contribution in [0.1, 0.15) is 29.7 Å². The summed E-state index contributed by atoms with van der Waals surface area (Å²) in [6.45, 7) is 4.47. The Morgan fingerprint density at radius 1 is 1.00 bits per heavy atom. The van der Waals surface area contributed by atoms with Crippen molar-refractivity contribution in [3.8, 4) is 0 Å². The lowest BCUT2D eigenvalue weighted by Crippen LogP contribution is -2.24. The predicted molar refractivity (Wildman–Crippen MR) is 77.6 cm³/mol. The first-order chi connectivity index (χ1) is 10.0. The monoisotopic (exact) mass is 293 g/mol. The molecule has 0 aliphatic carbocycles. The van der Waals surface area contributed by atoms with E-state index in [1.807, 2.05) is 13.8 Å². The van der Waals surface area contributed by atoms with Crippen LogP contribution in [0, 0.1) is 24.4 Å². The zero-order chi connectivity index (χ0) is 15.4. The summed E-state index contributed by atoms with van der Waals surface area (Å²) in [4.78, 5) is 0. The first kappa shape index (κ1) is 15.6. The van der Waals surface area contributed by atoms with Gasteiger partial charge in [0.05, 0.1) is 0 Å². The van der Waals surface area contributed by atoms with Crippen LogP contribution < -0.4 is 5.32 Å². The molecular weight excluding hydrogens is 275 g/mol. The van der Waals surface area contributed by atoms with Gasteiger partial charge in [-0.2, -0.15) is 0 Å². The highest BCUT2D eigenvalue weighted by molar-refractivity contribution is 5.31. The van der Waals surface area contributed by atoms with Gasteiger partial charge in [0.25, 0.3) is 0 Å². The minimum atomic E-state index is -0.589. The molecule has 0 bridgehead atoms. The number of hydrogen-bond donors (Lipinski definition) is 1. The van der Waals surface area contributed by atoms with Gasteiger partial charge in [-0.3, -0.25) is 0 Å². The van der Waals surface area contributed by atoms with E-state index in [9.17, 15) is 13.2 Å². The van der Waals surface area contributed by atoms with Crippen LogP contribution in [0.3, 0.4) is 0 Å². The fourth-order valence-electron chi connectivity index (χ4n) is 2.48. The first-order valence-corrected chi connectivity index (χ1v) is 6.94. The van der Waals surface area contributed by atoms with Gasteiger partial charge in [-0.25, -0.2) is 13.2 Å². The molecule has 1 atom stereocenters. The molecule has 1 unspecified atom stereocenters. The highest BCUT2D eigenvalue weighted by Crippen LogP contribution is 2.24. The summed E-state index contributed by atoms with van der Waals surface area (Å²) in [6.07, 6.45) is 0.381. The van der Waals surface area contributed by atoms with Gasteiger partial charge in [0.1, 0.15) is 17.5 Å². The Labute approximate surface area is 122 Å². The third-order valence-corrected chi connectivity index (χ3v) is 3.50. The summed E-state index contributed by atoms with van der Waals surface area (Å²) in [7, 11) is 0. The summed E-state index contributed by atoms with van der Waals surface area (Å²) >= 11 is 0. The van der Waals surface area contributed by atoms with Gasteiger partial charge in [0.15, 0.2) is 0 Å². The number of aryl methyl sites for hydroxylation is 1. The highest BCUT2D eigenvalue weighted by atomic mass is 19.1. The number of rotatable bonds is 5. The third-order valence-electron chi connectivity index (χ3n) is 3.50. The molecule has 2 rings (SSSR count). The van der Waals surface area contributed by atoms with E-state index in [-0.39, 0.29) is 11.9 Å². The minimum absolute atomic E-state index is 0.143. The Hall–Kier alpha value is -1.81. The molecule has 0 heterocycles. The van der Waals surface area contributed by atoms with E-state index < -0.39 is 11.6 Å². The lowest BCUT2D eigenvalue weighted by Gasteiger charge is -2.21. The Morgan fingerprint density at radius 2 is 1.67 bits per heavy atom. The van der Waals surface area contributed by atoms with Crippen LogP contribution in [0.2, 0.25) is 0 Å². The molecule has 0 saturated carbocycles. The van der Waals surface area contributed by atoms with Crippen molar-refractivity contribution in [2.24, 2.45) is 0 Å². The van der Waals surface area contributed by atoms with Crippen LogP contribution in [0.4, 0.5) is 13.2 Å². The van der Waals surface area contributed by atoms with Gasteiger partial charge >= 0.3 is 0 Å². The molecule has 21 heavy (non-hydrogen) atoms. The maximum absolute atomic E-state index is 13.8. The van der Waals surface area contributed by atoms with Gasteiger partial charge in [-0.05, 0) is 54.8 Å². The SMILES string of the molecule is CCNC(Cc1ccc(F)cc1F)c1ccc(F)cc1C. The average molecular weight is 293 g/mol. The van der Waals surface area contributed by atoms with E-state index in [0.717, 1.165) is 17.2 Å². The van der Waals surface area contributed by atoms with Gasteiger partial charge < -0.3 is 5.32 Å². The van der Waals surface area contributed by atoms with E-state index in [0.29, 0.717) is 18.5 Å². The molecule has 2 aromatic rings. The first-order valence-electron chi connectivity index (χ1n) is 6.94. The van der Waals surface area contributed by atoms with Gasteiger partial charge in [0.2, 0.25) is 0 Å². The van der Waals surface area contributed by atoms with Crippen molar-refractivity contribution in [1.29, 1.82) is 0 Å². The molecule has 0 radical (unpaired) electrons. The fraction of sp³-hybridized carbons (Fsp3) is 0.294. The van der Waals surface area contributed by atoms with E-state index in [1.54, 1.807) is 6.07 Å². The Bertz CT molecular complexity index is 625. The van der Waals surface area contributed by atoms with Crippen molar-refractivity contribution in [3.05, 3.63) is 70.5 Å². The van der Waals surface area contributed by atoms with Crippen molar-refractivity contribution >= 4 is 0 Å². The Kier molecular flexibility index (Phi) is 5.02. The maximum atomic E-state index is 13.8. The molecule has 0 aromatic heterocycles. The molecular formula is C17H18F3N. The zero-order valence-corrected chi connectivity index (χ0v) is 12.1. The van der Waals surface area contributed by atoms with E-state index in [2.05, 4.69) is 5.32 Å². The molecule has 4 heteroatoms. The number of halogens is 3. The van der Waals surface area contributed by atoms with E-state index in [4.69, 9.17) is 0 Å². The largest absolute Gasteiger partial charge is 0.310 e. The quantitative estimate of drug-likeness (QED) is 0.866. The molecule has 0 amide bonds. The van der Waals surface area contributed by atoms with Crippen LogP contribution in [0.15, 0.2) is 36.4 Å². The molecule has 1 N–H and O–H groups in total. The maximum Gasteiger partial charge on any atom is 0.129 e. The Morgan fingerprint density at radius 3 is 2.29 bits per heavy atom. The molecule has 2 aromatic carbocycles. The van der Waals surface area contributed by atoms with Crippen LogP contribution in [0.5, 0.6) is 0 Å². The second-order valence-corrected chi connectivity index (χ2v) is 5.05. The number of likely N-dealkylation sites (N-methyl/N-ethyl adjacent to an activating group) is 1. The summed E-state index contributed by atoms with van der Waals surface area (Å²) < 4.78 is 40.0. The van der Waals surface area contributed by atoms with E-state index in [1.165, 1.54) is 24.3 Å². The predicted octanol–water partition coefficient (Wildman–Crippen LogP) is 4.31. The smallest absolute Gasteiger partial charge is 0.129 e. The average Bonchev–Trinajstić information content (AvgIpc) is 2.41. The lowest BCUT2D eigenvalue weighted by atomic mass is 9.95. The summed E-state index contributed by atoms with van der Waals surface area (Å²) in [5.74, 6) is -1.44. The summed E-state index contributed by atoms with van der Waals surface area (Å²) in [5, 5.41) is 3.27. The number of hydrogen-bond acceptors (Lipinski definition) is 1. The summed E-state index contributed by atoms with van der Waals surface area (Å²) in [5.41, 5.74) is 2.16. The van der Waals surface area contributed by atoms with Crippen LogP contribution >= 0.6 is 0 Å². The standard InChI is InChI=1S/C17H18F3N/c1-3-21-17(15-7-6-13(18)8-11(15)2)9-12-4-5-14(19)10-16(12)20/h4-8,10,17,21H,3,9H2,1-2H3. The molecule has 0 saturated heterocycles. The van der Waals surface area contributed by atoms with Crippen molar-refractivity contribution in [2.75, 3.05) is 6.54 Å². The topological polar surface area (TPSA) is 12.0 Å². The molecule has 0 spiro atoms. The normalized spacial score (nSPS) is 12.4. The van der Waals surface area contributed by atoms with Crippen LogP contribution in [-0.2, 0) is 6.42 Å². The summed E-state index contributed by atoms with van der Waals surface area (Å²) in [6, 6.07) is 8.01. The zero-order valence-electron chi connectivity index (χ0n) is 12.1. The van der Waals surface area contributed by atoms with Gasteiger partial charge in [-0.15, -0.1) is 0 Å². The molecule has 1 nitrogen and oxygen atoms in total. The van der Waals surface area contributed by atoms with Crippen LogP contribution in [0.25, 0.3) is 0 Å². The lowest BCUT2D eigenvalue weighted by molar-refractivity contribution is 0.518. The number of nitrogens with one attached hydrogen (secondary N) is 1. The second-order valence-electron chi connectivity index (χ2n) is 5.05. The van der Waals surface area contributed by atoms with Gasteiger partial charge in [0, 0.05) is 12.1 Å². The minimum Gasteiger partial charge on any atom is -0.310 e. The molecule has 0 aliphatic heterocycles. The highest BCUT2D eigenvalue weighted by Gasteiger charge is 2.16. The Balaban J connectivity index is 2.30. The van der Waals surface area contributed by atoms with Crippen molar-refractivity contribution in [3.63, 3.8) is 0 Å². The molecule has 0 fully saturated rings. The van der Waals surface area contributed by atoms with Gasteiger partial charge in [-0.1, -0.05) is 19.1 Å². The van der Waals surface area contributed by atoms with Crippen molar-refractivity contribution < 1.29 is 13.2 Å². The molecule has 112 valence electrons. The van der Waals surface area contributed by atoms with Crippen molar-refractivity contribution in [2.45, 2.75) is 26.3 Å². The molecule has 0 aliphatic rings. The van der Waals surface area contributed by atoms with Crippen molar-refractivity contribution in [1.82, 2.24) is 5.32 Å². The second kappa shape index (κ2) is 6.76. The van der Waals surface area contributed by atoms with E-state index >= 15 is 0 Å². The number of benzene rings is 2.